The molecule has 0 aliphatic carbocycles. The maximum atomic E-state index is 11.9. The molecule has 1 amide bonds. The topological polar surface area (TPSA) is 92.5 Å². The molecule has 0 bridgehead atoms. The Labute approximate surface area is 96.2 Å². The van der Waals surface area contributed by atoms with Crippen molar-refractivity contribution < 1.29 is 13.2 Å². The van der Waals surface area contributed by atoms with Crippen molar-refractivity contribution in [3.8, 4) is 0 Å². The van der Waals surface area contributed by atoms with Gasteiger partial charge < -0.3 is 11.1 Å². The Morgan fingerprint density at radius 1 is 1.56 bits per heavy atom. The summed E-state index contributed by atoms with van der Waals surface area (Å²) in [4.78, 5) is 11.2. The van der Waals surface area contributed by atoms with Gasteiger partial charge in [-0.1, -0.05) is 13.3 Å². The number of unbranched alkanes of at least 4 members (excludes halogenated alkanes) is 1. The van der Waals surface area contributed by atoms with Crippen LogP contribution in [0.15, 0.2) is 0 Å². The third-order valence-corrected chi connectivity index (χ3v) is 4.59. The van der Waals surface area contributed by atoms with Crippen LogP contribution in [0, 0.1) is 0 Å². The second kappa shape index (κ2) is 5.60. The Kier molecular flexibility index (Phi) is 4.69. The van der Waals surface area contributed by atoms with Gasteiger partial charge in [-0.25, -0.2) is 8.42 Å². The summed E-state index contributed by atoms with van der Waals surface area (Å²) in [5.41, 5.74) is 5.20. The summed E-state index contributed by atoms with van der Waals surface area (Å²) >= 11 is 0. The summed E-state index contributed by atoms with van der Waals surface area (Å²) < 4.78 is 25.1. The predicted octanol–water partition coefficient (Wildman–Crippen LogP) is -1.12. The van der Waals surface area contributed by atoms with Crippen molar-refractivity contribution in [1.82, 2.24) is 9.62 Å². The zero-order valence-corrected chi connectivity index (χ0v) is 10.3. The predicted molar refractivity (Wildman–Crippen MR) is 61.3 cm³/mol. The number of carbonyl (C=O) groups excluding carboxylic acids is 1. The van der Waals surface area contributed by atoms with Crippen LogP contribution >= 0.6 is 0 Å². The molecule has 16 heavy (non-hydrogen) atoms. The van der Waals surface area contributed by atoms with E-state index in [-0.39, 0.29) is 5.75 Å². The van der Waals surface area contributed by atoms with Crippen molar-refractivity contribution in [2.24, 2.45) is 5.73 Å². The third kappa shape index (κ3) is 3.16. The number of nitrogens with one attached hydrogen (secondary N) is 1. The fourth-order valence-corrected chi connectivity index (χ4v) is 3.53. The zero-order chi connectivity index (χ0) is 12.2. The quantitative estimate of drug-likeness (QED) is 0.645. The smallest absolute Gasteiger partial charge is 0.237 e. The van der Waals surface area contributed by atoms with Crippen LogP contribution in [-0.4, -0.2) is 50.1 Å². The van der Waals surface area contributed by atoms with E-state index < -0.39 is 22.0 Å². The Morgan fingerprint density at radius 2 is 2.25 bits per heavy atom. The van der Waals surface area contributed by atoms with Crippen LogP contribution in [0.4, 0.5) is 0 Å². The van der Waals surface area contributed by atoms with Crippen molar-refractivity contribution in [3.05, 3.63) is 0 Å². The molecule has 1 saturated heterocycles. The van der Waals surface area contributed by atoms with Gasteiger partial charge in [0.1, 0.15) is 6.04 Å². The average molecular weight is 249 g/mol. The van der Waals surface area contributed by atoms with Crippen LogP contribution in [0.25, 0.3) is 0 Å². The standard InChI is InChI=1S/C9H19N3O3S/c1-2-3-6-16(14,15)12-5-4-11-7-8(12)9(10)13/h8,11H,2-7H2,1H3,(H2,10,13). The van der Waals surface area contributed by atoms with Gasteiger partial charge >= 0.3 is 0 Å². The number of hydrogen-bond donors (Lipinski definition) is 2. The van der Waals surface area contributed by atoms with E-state index in [0.29, 0.717) is 26.1 Å². The number of hydrogen-bond acceptors (Lipinski definition) is 4. The molecule has 1 aliphatic heterocycles. The number of carbonyl (C=O) groups is 1. The van der Waals surface area contributed by atoms with Crippen LogP contribution in [0.2, 0.25) is 0 Å². The van der Waals surface area contributed by atoms with Crippen molar-refractivity contribution in [2.75, 3.05) is 25.4 Å². The molecular weight excluding hydrogens is 230 g/mol. The van der Waals surface area contributed by atoms with Gasteiger partial charge in [0.05, 0.1) is 5.75 Å². The molecule has 1 aliphatic rings. The summed E-state index contributed by atoms with van der Waals surface area (Å²) in [6.45, 7) is 3.12. The molecule has 3 N–H and O–H groups in total. The van der Waals surface area contributed by atoms with Gasteiger partial charge in [-0.3, -0.25) is 4.79 Å². The van der Waals surface area contributed by atoms with Gasteiger partial charge in [-0.15, -0.1) is 0 Å². The van der Waals surface area contributed by atoms with Crippen LogP contribution in [0.1, 0.15) is 19.8 Å². The molecule has 0 aromatic rings. The summed E-state index contributed by atoms with van der Waals surface area (Å²) in [5.74, 6) is -0.500. The fourth-order valence-electron chi connectivity index (χ4n) is 1.71. The van der Waals surface area contributed by atoms with Crippen molar-refractivity contribution in [1.29, 1.82) is 0 Å². The van der Waals surface area contributed by atoms with E-state index in [1.807, 2.05) is 6.92 Å². The second-order valence-corrected chi connectivity index (χ2v) is 5.94. The molecule has 94 valence electrons. The number of nitrogens with zero attached hydrogens (tertiary/aromatic N) is 1. The number of amides is 1. The van der Waals surface area contributed by atoms with E-state index in [0.717, 1.165) is 6.42 Å². The largest absolute Gasteiger partial charge is 0.368 e. The minimum absolute atomic E-state index is 0.0906. The van der Waals surface area contributed by atoms with Crippen LogP contribution in [-0.2, 0) is 14.8 Å². The van der Waals surface area contributed by atoms with E-state index in [1.54, 1.807) is 0 Å². The van der Waals surface area contributed by atoms with E-state index in [4.69, 9.17) is 5.73 Å². The van der Waals surface area contributed by atoms with Gasteiger partial charge in [0.2, 0.25) is 15.9 Å². The van der Waals surface area contributed by atoms with Crippen molar-refractivity contribution >= 4 is 15.9 Å². The number of piperazine rings is 1. The second-order valence-electron chi connectivity index (χ2n) is 3.90. The summed E-state index contributed by atoms with van der Waals surface area (Å²) in [6.07, 6.45) is 1.42. The maximum absolute atomic E-state index is 11.9. The highest BCUT2D eigenvalue weighted by atomic mass is 32.2. The van der Waals surface area contributed by atoms with E-state index >= 15 is 0 Å². The zero-order valence-electron chi connectivity index (χ0n) is 9.48. The number of nitrogens with two attached hydrogens (primary N) is 1. The van der Waals surface area contributed by atoms with Gasteiger partial charge in [-0.05, 0) is 6.42 Å². The molecule has 0 saturated carbocycles. The minimum Gasteiger partial charge on any atom is -0.368 e. The van der Waals surface area contributed by atoms with Crippen LogP contribution < -0.4 is 11.1 Å². The van der Waals surface area contributed by atoms with Crippen LogP contribution in [0.3, 0.4) is 0 Å². The number of rotatable bonds is 5. The van der Waals surface area contributed by atoms with Gasteiger partial charge in [-0.2, -0.15) is 4.31 Å². The lowest BCUT2D eigenvalue weighted by Crippen LogP contribution is -2.59. The Balaban J connectivity index is 2.78. The van der Waals surface area contributed by atoms with Gasteiger partial charge in [0.15, 0.2) is 0 Å². The summed E-state index contributed by atoms with van der Waals surface area (Å²) in [7, 11) is -3.35. The maximum Gasteiger partial charge on any atom is 0.237 e. The lowest BCUT2D eigenvalue weighted by Gasteiger charge is -2.33. The van der Waals surface area contributed by atoms with Crippen molar-refractivity contribution in [2.45, 2.75) is 25.8 Å². The molecule has 6 nitrogen and oxygen atoms in total. The lowest BCUT2D eigenvalue weighted by atomic mass is 10.2. The Bertz CT molecular complexity index is 342. The fraction of sp³-hybridized carbons (Fsp3) is 0.889. The summed E-state index contributed by atoms with van der Waals surface area (Å²) in [5, 5.41) is 2.97. The normalized spacial score (nSPS) is 23.2. The van der Waals surface area contributed by atoms with Gasteiger partial charge in [0.25, 0.3) is 0 Å². The monoisotopic (exact) mass is 249 g/mol. The lowest BCUT2D eigenvalue weighted by molar-refractivity contribution is -0.122. The van der Waals surface area contributed by atoms with E-state index in [1.165, 1.54) is 4.31 Å². The molecule has 0 aromatic heterocycles. The van der Waals surface area contributed by atoms with Crippen molar-refractivity contribution in [3.63, 3.8) is 0 Å². The molecular formula is C9H19N3O3S. The molecule has 1 atom stereocenters. The highest BCUT2D eigenvalue weighted by molar-refractivity contribution is 7.89. The average Bonchev–Trinajstić information content (AvgIpc) is 2.26. The molecule has 0 spiro atoms. The Morgan fingerprint density at radius 3 is 2.81 bits per heavy atom. The molecule has 1 unspecified atom stereocenters. The molecule has 7 heteroatoms. The Hall–Kier alpha value is -0.660. The molecule has 1 rings (SSSR count). The first-order chi connectivity index (χ1) is 7.49. The molecule has 1 heterocycles. The summed E-state index contributed by atoms with van der Waals surface area (Å²) in [6, 6.07) is -0.740. The highest BCUT2D eigenvalue weighted by Gasteiger charge is 2.34. The van der Waals surface area contributed by atoms with E-state index in [2.05, 4.69) is 5.32 Å². The van der Waals surface area contributed by atoms with E-state index in [9.17, 15) is 13.2 Å². The van der Waals surface area contributed by atoms with Gasteiger partial charge in [0, 0.05) is 19.6 Å². The molecule has 0 aromatic carbocycles. The SMILES string of the molecule is CCCCS(=O)(=O)N1CCNCC1C(N)=O. The molecule has 1 fully saturated rings. The first-order valence-corrected chi connectivity index (χ1v) is 7.09. The highest BCUT2D eigenvalue weighted by Crippen LogP contribution is 2.11. The third-order valence-electron chi connectivity index (χ3n) is 2.64. The van der Waals surface area contributed by atoms with Crippen LogP contribution in [0.5, 0.6) is 0 Å². The first kappa shape index (κ1) is 13.4. The first-order valence-electron chi connectivity index (χ1n) is 5.48. The number of primary amides is 1. The molecule has 0 radical (unpaired) electrons. The number of sulfonamides is 1. The minimum atomic E-state index is -3.35.